The van der Waals surface area contributed by atoms with Gasteiger partial charge >= 0.3 is 18.0 Å². The molecule has 0 aromatic heterocycles. The summed E-state index contributed by atoms with van der Waals surface area (Å²) in [6.07, 6.45) is 8.15. The minimum Gasteiger partial charge on any atom is -0.507 e. The maximum absolute atomic E-state index is 11.9. The monoisotopic (exact) mass is 432 g/mol. The number of carbonyl (C=O) groups is 3. The number of hydrogen-bond acceptors (Lipinski definition) is 6. The first-order valence-electron chi connectivity index (χ1n) is 11.2. The van der Waals surface area contributed by atoms with Crippen molar-refractivity contribution >= 4 is 18.0 Å². The van der Waals surface area contributed by atoms with Gasteiger partial charge in [-0.2, -0.15) is 0 Å². The molecule has 31 heavy (non-hydrogen) atoms. The minimum atomic E-state index is -0.893. The Kier molecular flexibility index (Phi) is 8.28. The molecular formula is C23H32N2O6. The largest absolute Gasteiger partial charge is 0.507 e. The fourth-order valence-corrected chi connectivity index (χ4v) is 4.90. The van der Waals surface area contributed by atoms with E-state index < -0.39 is 18.0 Å². The highest BCUT2D eigenvalue weighted by Gasteiger charge is 2.44. The van der Waals surface area contributed by atoms with E-state index in [9.17, 15) is 24.6 Å². The number of nitrogens with zero attached hydrogens (tertiary/aromatic N) is 1. The molecule has 1 aliphatic carbocycles. The van der Waals surface area contributed by atoms with Crippen molar-refractivity contribution in [3.63, 3.8) is 0 Å². The normalized spacial score (nSPS) is 23.2. The van der Waals surface area contributed by atoms with Crippen LogP contribution in [-0.4, -0.2) is 58.3 Å². The lowest BCUT2D eigenvalue weighted by atomic mass is 9.85. The van der Waals surface area contributed by atoms with Gasteiger partial charge in [0.25, 0.3) is 0 Å². The molecule has 0 spiro atoms. The number of hydrogen-bond donors (Lipinski definition) is 3. The quantitative estimate of drug-likeness (QED) is 0.310. The van der Waals surface area contributed by atoms with Gasteiger partial charge in [-0.25, -0.2) is 9.59 Å². The maximum Gasteiger partial charge on any atom is 0.415 e. The zero-order valence-corrected chi connectivity index (χ0v) is 17.8. The summed E-state index contributed by atoms with van der Waals surface area (Å²) in [6, 6.07) is 5.97. The number of unbranched alkanes of at least 4 members (excludes halogenated alkanes) is 3. The second kappa shape index (κ2) is 11.1. The van der Waals surface area contributed by atoms with Gasteiger partial charge in [0.15, 0.2) is 0 Å². The number of aliphatic carboxylic acids is 1. The van der Waals surface area contributed by atoms with E-state index in [1.165, 1.54) is 25.0 Å². The van der Waals surface area contributed by atoms with Crippen molar-refractivity contribution in [3.8, 4) is 5.75 Å². The van der Waals surface area contributed by atoms with Crippen molar-refractivity contribution in [3.05, 3.63) is 29.8 Å². The predicted octanol–water partition coefficient (Wildman–Crippen LogP) is 3.54. The van der Waals surface area contributed by atoms with Crippen LogP contribution in [0.5, 0.6) is 5.75 Å². The molecule has 2 aliphatic rings. The number of benzene rings is 1. The molecule has 3 rings (SSSR count). The number of ether oxygens (including phenoxy) is 1. The van der Waals surface area contributed by atoms with Crippen LogP contribution in [0.1, 0.15) is 68.1 Å². The average molecular weight is 433 g/mol. The molecule has 1 heterocycles. The minimum absolute atomic E-state index is 0.0561. The summed E-state index contributed by atoms with van der Waals surface area (Å²) in [7, 11) is 0. The van der Waals surface area contributed by atoms with Gasteiger partial charge in [-0.05, 0) is 56.7 Å². The lowest BCUT2D eigenvalue weighted by Crippen LogP contribution is -2.42. The molecule has 1 aromatic carbocycles. The van der Waals surface area contributed by atoms with Gasteiger partial charge in [0.05, 0.1) is 0 Å². The standard InChI is InChI=1S/C23H32N2O6/c26-20-12-6-4-10-17(20)22(29)31-23(30)24-13-7-1-2-8-14-25-18-11-5-3-9-16(18)15-19(25)21(27)28/h4,6,10,12,16,18-19,26H,1-3,5,7-9,11,13-15H2,(H,24,30)(H,27,28)/t16-,18-,19-/m0/s1. The van der Waals surface area contributed by atoms with Crippen molar-refractivity contribution in [2.24, 2.45) is 5.92 Å². The van der Waals surface area contributed by atoms with Crippen LogP contribution >= 0.6 is 0 Å². The first-order valence-corrected chi connectivity index (χ1v) is 11.2. The second-order valence-corrected chi connectivity index (χ2v) is 8.47. The third-order valence-electron chi connectivity index (χ3n) is 6.43. The molecule has 0 unspecified atom stereocenters. The van der Waals surface area contributed by atoms with Crippen LogP contribution in [0.4, 0.5) is 4.79 Å². The van der Waals surface area contributed by atoms with Crippen LogP contribution in [0.15, 0.2) is 24.3 Å². The number of nitrogens with one attached hydrogen (secondary N) is 1. The number of rotatable bonds is 9. The summed E-state index contributed by atoms with van der Waals surface area (Å²) in [5, 5.41) is 21.7. The van der Waals surface area contributed by atoms with E-state index in [0.29, 0.717) is 18.5 Å². The molecular weight excluding hydrogens is 400 g/mol. The zero-order valence-electron chi connectivity index (χ0n) is 17.8. The highest BCUT2D eigenvalue weighted by atomic mass is 16.6. The molecule has 3 N–H and O–H groups in total. The van der Waals surface area contributed by atoms with E-state index in [1.54, 1.807) is 12.1 Å². The lowest BCUT2D eigenvalue weighted by Gasteiger charge is -2.33. The first-order chi connectivity index (χ1) is 15.0. The number of alkyl carbamates (subject to hydrolysis) is 1. The molecule has 1 aromatic rings. The first kappa shape index (κ1) is 23.1. The summed E-state index contributed by atoms with van der Waals surface area (Å²) in [5.74, 6) is -1.29. The van der Waals surface area contributed by atoms with E-state index in [4.69, 9.17) is 0 Å². The van der Waals surface area contributed by atoms with Crippen LogP contribution < -0.4 is 5.32 Å². The molecule has 0 bridgehead atoms. The number of para-hydroxylation sites is 1. The number of carbonyl (C=O) groups excluding carboxylic acids is 2. The van der Waals surface area contributed by atoms with E-state index in [1.807, 2.05) is 0 Å². The van der Waals surface area contributed by atoms with Crippen molar-refractivity contribution in [2.75, 3.05) is 13.1 Å². The molecule has 8 nitrogen and oxygen atoms in total. The maximum atomic E-state index is 11.9. The van der Waals surface area contributed by atoms with E-state index in [0.717, 1.165) is 51.5 Å². The van der Waals surface area contributed by atoms with Gasteiger partial charge in [-0.3, -0.25) is 9.69 Å². The van der Waals surface area contributed by atoms with E-state index in [2.05, 4.69) is 15.0 Å². The number of amides is 1. The summed E-state index contributed by atoms with van der Waals surface area (Å²) in [5.41, 5.74) is -0.0561. The van der Waals surface area contributed by atoms with Gasteiger partial charge in [-0.1, -0.05) is 37.8 Å². The van der Waals surface area contributed by atoms with Crippen molar-refractivity contribution < 1.29 is 29.3 Å². The second-order valence-electron chi connectivity index (χ2n) is 8.47. The third-order valence-corrected chi connectivity index (χ3v) is 6.43. The smallest absolute Gasteiger partial charge is 0.415 e. The third kappa shape index (κ3) is 6.19. The Morgan fingerprint density at radius 1 is 1.06 bits per heavy atom. The topological polar surface area (TPSA) is 116 Å². The summed E-state index contributed by atoms with van der Waals surface area (Å²) < 4.78 is 4.69. The fraction of sp³-hybridized carbons (Fsp3) is 0.609. The number of phenolic OH excluding ortho intramolecular Hbond substituents is 1. The molecule has 3 atom stereocenters. The average Bonchev–Trinajstić information content (AvgIpc) is 3.12. The van der Waals surface area contributed by atoms with Crippen molar-refractivity contribution in [1.29, 1.82) is 0 Å². The summed E-state index contributed by atoms with van der Waals surface area (Å²) in [4.78, 5) is 37.5. The van der Waals surface area contributed by atoms with Crippen LogP contribution in [0.25, 0.3) is 0 Å². The Balaban J connectivity index is 1.30. The number of likely N-dealkylation sites (tertiary alicyclic amines) is 1. The zero-order chi connectivity index (χ0) is 22.2. The number of phenols is 1. The number of aromatic hydroxyl groups is 1. The molecule has 1 aliphatic heterocycles. The predicted molar refractivity (Wildman–Crippen MR) is 114 cm³/mol. The number of fused-ring (bicyclic) bond motifs is 1. The van der Waals surface area contributed by atoms with Crippen LogP contribution in [0.2, 0.25) is 0 Å². The molecule has 170 valence electrons. The highest BCUT2D eigenvalue weighted by molar-refractivity contribution is 5.98. The van der Waals surface area contributed by atoms with Crippen molar-refractivity contribution in [2.45, 2.75) is 69.9 Å². The Morgan fingerprint density at radius 2 is 1.81 bits per heavy atom. The summed E-state index contributed by atoms with van der Waals surface area (Å²) >= 11 is 0. The Bertz CT molecular complexity index is 783. The fourth-order valence-electron chi connectivity index (χ4n) is 4.90. The van der Waals surface area contributed by atoms with Crippen LogP contribution in [0.3, 0.4) is 0 Å². The van der Waals surface area contributed by atoms with Gasteiger partial charge < -0.3 is 20.3 Å². The number of esters is 1. The van der Waals surface area contributed by atoms with Gasteiger partial charge in [0.2, 0.25) is 0 Å². The van der Waals surface area contributed by atoms with E-state index in [-0.39, 0.29) is 17.4 Å². The molecule has 2 fully saturated rings. The molecule has 0 radical (unpaired) electrons. The van der Waals surface area contributed by atoms with Crippen LogP contribution in [-0.2, 0) is 9.53 Å². The molecule has 1 saturated carbocycles. The number of carboxylic acid groups (broad SMARTS) is 1. The number of carboxylic acids is 1. The Labute approximate surface area is 182 Å². The van der Waals surface area contributed by atoms with E-state index >= 15 is 0 Å². The molecule has 8 heteroatoms. The Morgan fingerprint density at radius 3 is 2.58 bits per heavy atom. The highest BCUT2D eigenvalue weighted by Crippen LogP contribution is 2.39. The van der Waals surface area contributed by atoms with Crippen LogP contribution in [0, 0.1) is 5.92 Å². The van der Waals surface area contributed by atoms with Gasteiger partial charge in [0, 0.05) is 12.6 Å². The molecule has 1 amide bonds. The SMILES string of the molecule is O=C(NCCCCCCN1[C@H](C(=O)O)C[C@@H]2CCCC[C@@H]21)OC(=O)c1ccccc1O. The lowest BCUT2D eigenvalue weighted by molar-refractivity contribution is -0.142. The van der Waals surface area contributed by atoms with Crippen molar-refractivity contribution in [1.82, 2.24) is 10.2 Å². The summed E-state index contributed by atoms with van der Waals surface area (Å²) in [6.45, 7) is 1.20. The van der Waals surface area contributed by atoms with Gasteiger partial charge in [-0.15, -0.1) is 0 Å². The molecule has 1 saturated heterocycles. The Hall–Kier alpha value is -2.61. The van der Waals surface area contributed by atoms with Gasteiger partial charge in [0.1, 0.15) is 17.4 Å².